The number of carbonyl (C=O) groups excluding carboxylic acids is 3. The van der Waals surface area contributed by atoms with Gasteiger partial charge >= 0.3 is 6.09 Å². The van der Waals surface area contributed by atoms with Crippen LogP contribution in [0.5, 0.6) is 5.75 Å². The van der Waals surface area contributed by atoms with E-state index in [-0.39, 0.29) is 29.7 Å². The Hall–Kier alpha value is -3.55. The SMILES string of the molecule is COc1ccc(NC(=O)C(c2cc(C)cc(C)c2)N(C(=O)C(NC(=O)OC(C)(C)C)C(C)C)C2CC2C)cc1. The van der Waals surface area contributed by atoms with Gasteiger partial charge < -0.3 is 25.0 Å². The fourth-order valence-corrected chi connectivity index (χ4v) is 4.77. The molecule has 3 amide bonds. The second-order valence-electron chi connectivity index (χ2n) is 11.9. The maximum atomic E-state index is 14.3. The van der Waals surface area contributed by atoms with Gasteiger partial charge in [0.2, 0.25) is 5.91 Å². The van der Waals surface area contributed by atoms with Gasteiger partial charge in [-0.15, -0.1) is 0 Å². The predicted molar refractivity (Wildman–Crippen MR) is 153 cm³/mol. The molecule has 0 spiro atoms. The monoisotopic (exact) mass is 537 g/mol. The van der Waals surface area contributed by atoms with E-state index in [1.807, 2.05) is 45.9 Å². The minimum atomic E-state index is -0.894. The largest absolute Gasteiger partial charge is 0.497 e. The maximum Gasteiger partial charge on any atom is 0.408 e. The summed E-state index contributed by atoms with van der Waals surface area (Å²) in [5.41, 5.74) is 2.61. The van der Waals surface area contributed by atoms with Crippen LogP contribution in [0.3, 0.4) is 0 Å². The Balaban J connectivity index is 2.04. The number of benzene rings is 2. The van der Waals surface area contributed by atoms with Crippen LogP contribution in [0.1, 0.15) is 70.7 Å². The van der Waals surface area contributed by atoms with Crippen LogP contribution in [-0.4, -0.2) is 47.6 Å². The number of anilines is 1. The van der Waals surface area contributed by atoms with Gasteiger partial charge in [0.05, 0.1) is 7.11 Å². The number of hydrogen-bond acceptors (Lipinski definition) is 5. The number of hydrogen-bond donors (Lipinski definition) is 2. The molecule has 8 nitrogen and oxygen atoms in total. The Labute approximate surface area is 232 Å². The lowest BCUT2D eigenvalue weighted by atomic mass is 9.96. The highest BCUT2D eigenvalue weighted by Crippen LogP contribution is 2.41. The van der Waals surface area contributed by atoms with Gasteiger partial charge in [0.15, 0.2) is 0 Å². The number of nitrogens with zero attached hydrogens (tertiary/aromatic N) is 1. The van der Waals surface area contributed by atoms with Crippen molar-refractivity contribution in [3.8, 4) is 5.75 Å². The summed E-state index contributed by atoms with van der Waals surface area (Å²) in [6.07, 6.45) is 0.115. The van der Waals surface area contributed by atoms with E-state index < -0.39 is 23.8 Å². The molecule has 3 rings (SSSR count). The molecule has 2 N–H and O–H groups in total. The predicted octanol–water partition coefficient (Wildman–Crippen LogP) is 5.78. The first kappa shape index (κ1) is 30.0. The third-order valence-electron chi connectivity index (χ3n) is 6.73. The van der Waals surface area contributed by atoms with Crippen molar-refractivity contribution in [3.63, 3.8) is 0 Å². The van der Waals surface area contributed by atoms with Crippen LogP contribution < -0.4 is 15.4 Å². The molecule has 0 radical (unpaired) electrons. The first-order valence-electron chi connectivity index (χ1n) is 13.5. The second-order valence-corrected chi connectivity index (χ2v) is 11.9. The average Bonchev–Trinajstić information content (AvgIpc) is 3.54. The Morgan fingerprint density at radius 1 is 1.00 bits per heavy atom. The average molecular weight is 538 g/mol. The Bertz CT molecular complexity index is 1170. The van der Waals surface area contributed by atoms with Gasteiger partial charge in [0.25, 0.3) is 5.91 Å². The van der Waals surface area contributed by atoms with Crippen molar-refractivity contribution in [2.75, 3.05) is 12.4 Å². The number of methoxy groups -OCH3 is 1. The Kier molecular flexibility index (Phi) is 9.30. The molecule has 2 aromatic rings. The number of aryl methyl sites for hydroxylation is 2. The molecule has 0 heterocycles. The molecule has 1 aliphatic rings. The fourth-order valence-electron chi connectivity index (χ4n) is 4.77. The van der Waals surface area contributed by atoms with Crippen LogP contribution in [0.2, 0.25) is 0 Å². The third kappa shape index (κ3) is 7.97. The van der Waals surface area contributed by atoms with Crippen molar-refractivity contribution in [2.24, 2.45) is 11.8 Å². The Morgan fingerprint density at radius 3 is 2.03 bits per heavy atom. The molecular weight excluding hydrogens is 494 g/mol. The molecule has 4 unspecified atom stereocenters. The summed E-state index contributed by atoms with van der Waals surface area (Å²) in [5.74, 6) is 0.0451. The zero-order valence-corrected chi connectivity index (χ0v) is 24.6. The molecule has 1 saturated carbocycles. The minimum Gasteiger partial charge on any atom is -0.497 e. The van der Waals surface area contributed by atoms with Crippen LogP contribution in [0.25, 0.3) is 0 Å². The molecule has 0 bridgehead atoms. The van der Waals surface area contributed by atoms with Crippen molar-refractivity contribution >= 4 is 23.6 Å². The molecule has 2 aromatic carbocycles. The number of alkyl carbamates (subject to hydrolysis) is 1. The molecule has 39 heavy (non-hydrogen) atoms. The topological polar surface area (TPSA) is 97.0 Å². The van der Waals surface area contributed by atoms with E-state index in [1.54, 1.807) is 57.0 Å². The molecule has 1 fully saturated rings. The van der Waals surface area contributed by atoms with Crippen LogP contribution in [0.4, 0.5) is 10.5 Å². The number of rotatable bonds is 9. The molecular formula is C31H43N3O5. The molecule has 1 aliphatic carbocycles. The standard InChI is InChI=1S/C31H43N3O5/c1-18(2)26(33-30(37)39-31(6,7)8)29(36)34(25-17-21(25)5)27(22-15-19(3)14-20(4)16-22)28(35)32-23-10-12-24(38-9)13-11-23/h10-16,18,21,25-27H,17H2,1-9H3,(H,32,35)(H,33,37). The van der Waals surface area contributed by atoms with Crippen molar-refractivity contribution in [1.29, 1.82) is 0 Å². The summed E-state index contributed by atoms with van der Waals surface area (Å²) < 4.78 is 10.7. The molecule has 0 aliphatic heterocycles. The van der Waals surface area contributed by atoms with Crippen molar-refractivity contribution in [1.82, 2.24) is 10.2 Å². The zero-order valence-electron chi connectivity index (χ0n) is 24.6. The maximum absolute atomic E-state index is 14.3. The van der Waals surface area contributed by atoms with E-state index in [1.165, 1.54) is 0 Å². The van der Waals surface area contributed by atoms with Crippen LogP contribution in [-0.2, 0) is 14.3 Å². The highest BCUT2D eigenvalue weighted by atomic mass is 16.6. The van der Waals surface area contributed by atoms with E-state index in [0.717, 1.165) is 23.1 Å². The smallest absolute Gasteiger partial charge is 0.408 e. The van der Waals surface area contributed by atoms with E-state index in [0.29, 0.717) is 11.4 Å². The van der Waals surface area contributed by atoms with Gasteiger partial charge in [-0.25, -0.2) is 4.79 Å². The lowest BCUT2D eigenvalue weighted by Gasteiger charge is -2.36. The summed E-state index contributed by atoms with van der Waals surface area (Å²) in [7, 11) is 1.58. The summed E-state index contributed by atoms with van der Waals surface area (Å²) in [6.45, 7) is 15.1. The van der Waals surface area contributed by atoms with Crippen LogP contribution in [0.15, 0.2) is 42.5 Å². The second kappa shape index (κ2) is 12.1. The summed E-state index contributed by atoms with van der Waals surface area (Å²) in [4.78, 5) is 42.7. The quantitative estimate of drug-likeness (QED) is 0.423. The van der Waals surface area contributed by atoms with E-state index in [9.17, 15) is 14.4 Å². The summed E-state index contributed by atoms with van der Waals surface area (Å²) in [5, 5.41) is 5.79. The molecule has 4 atom stereocenters. The number of ether oxygens (including phenoxy) is 2. The molecule has 212 valence electrons. The number of amides is 3. The summed E-state index contributed by atoms with van der Waals surface area (Å²) >= 11 is 0. The highest BCUT2D eigenvalue weighted by Gasteiger charge is 2.48. The Morgan fingerprint density at radius 2 is 1.56 bits per heavy atom. The van der Waals surface area contributed by atoms with Gasteiger partial charge in [-0.2, -0.15) is 0 Å². The van der Waals surface area contributed by atoms with E-state index >= 15 is 0 Å². The van der Waals surface area contributed by atoms with Crippen molar-refractivity contribution < 1.29 is 23.9 Å². The van der Waals surface area contributed by atoms with Crippen molar-refractivity contribution in [2.45, 2.75) is 85.5 Å². The lowest BCUT2D eigenvalue weighted by Crippen LogP contribution is -2.55. The first-order chi connectivity index (χ1) is 18.2. The van der Waals surface area contributed by atoms with Crippen LogP contribution in [0, 0.1) is 25.7 Å². The van der Waals surface area contributed by atoms with Gasteiger partial charge in [-0.05, 0) is 82.7 Å². The number of nitrogens with one attached hydrogen (secondary N) is 2. The van der Waals surface area contributed by atoms with E-state index in [4.69, 9.17) is 9.47 Å². The van der Waals surface area contributed by atoms with Crippen LogP contribution >= 0.6 is 0 Å². The summed E-state index contributed by atoms with van der Waals surface area (Å²) in [6, 6.07) is 11.1. The first-order valence-corrected chi connectivity index (χ1v) is 13.5. The van der Waals surface area contributed by atoms with Gasteiger partial charge in [0, 0.05) is 11.7 Å². The lowest BCUT2D eigenvalue weighted by molar-refractivity contribution is -0.142. The highest BCUT2D eigenvalue weighted by molar-refractivity contribution is 5.99. The molecule has 0 saturated heterocycles. The zero-order chi connectivity index (χ0) is 29.1. The molecule has 0 aromatic heterocycles. The van der Waals surface area contributed by atoms with Crippen molar-refractivity contribution in [3.05, 3.63) is 59.2 Å². The van der Waals surface area contributed by atoms with Gasteiger partial charge in [-0.3, -0.25) is 9.59 Å². The normalized spacial score (nSPS) is 18.1. The number of carbonyl (C=O) groups is 3. The fraction of sp³-hybridized carbons (Fsp3) is 0.516. The van der Waals surface area contributed by atoms with Gasteiger partial charge in [-0.1, -0.05) is 50.1 Å². The van der Waals surface area contributed by atoms with E-state index in [2.05, 4.69) is 17.6 Å². The molecule has 8 heteroatoms. The minimum absolute atomic E-state index is 0.133. The third-order valence-corrected chi connectivity index (χ3v) is 6.73. The van der Waals surface area contributed by atoms with Gasteiger partial charge in [0.1, 0.15) is 23.4 Å².